The van der Waals surface area contributed by atoms with Gasteiger partial charge in [-0.2, -0.15) is 0 Å². The summed E-state index contributed by atoms with van der Waals surface area (Å²) in [6.45, 7) is 3.45. The fraction of sp³-hybridized carbons (Fsp3) is 0.0500. The molecule has 0 aliphatic rings. The average molecular weight is 348 g/mol. The van der Waals surface area contributed by atoms with Crippen LogP contribution >= 0.6 is 0 Å². The number of rotatable bonds is 5. The van der Waals surface area contributed by atoms with Gasteiger partial charge in [0, 0.05) is 17.7 Å². The van der Waals surface area contributed by atoms with E-state index in [2.05, 4.69) is 11.9 Å². The second-order valence-corrected chi connectivity index (χ2v) is 5.72. The maximum atomic E-state index is 12.0. The molecule has 0 aliphatic carbocycles. The molecule has 0 aromatic heterocycles. The molecule has 3 rings (SSSR count). The minimum atomic E-state index is -0.772. The lowest BCUT2D eigenvalue weighted by molar-refractivity contribution is -0.384. The van der Waals surface area contributed by atoms with Gasteiger partial charge in [-0.15, -0.1) is 0 Å². The number of non-ortho nitro benzene ring substituents is 1. The van der Waals surface area contributed by atoms with Crippen LogP contribution in [0.5, 0.6) is 5.75 Å². The Morgan fingerprint density at radius 2 is 1.92 bits per heavy atom. The van der Waals surface area contributed by atoms with Crippen molar-refractivity contribution in [2.75, 3.05) is 0 Å². The normalized spacial score (nSPS) is 11.7. The molecule has 26 heavy (non-hydrogen) atoms. The molecule has 1 atom stereocenters. The number of phenolic OH excluding ortho intramolecular Hbond substituents is 1. The number of hydrogen-bond donors (Lipinski definition) is 2. The first-order valence-corrected chi connectivity index (χ1v) is 7.89. The Hall–Kier alpha value is -3.67. The highest BCUT2D eigenvalue weighted by molar-refractivity contribution is 5.91. The van der Waals surface area contributed by atoms with E-state index in [4.69, 9.17) is 0 Å². The lowest BCUT2D eigenvalue weighted by Crippen LogP contribution is -2.28. The summed E-state index contributed by atoms with van der Waals surface area (Å²) in [5, 5.41) is 26.0. The van der Waals surface area contributed by atoms with Gasteiger partial charge in [0.2, 0.25) is 5.91 Å². The zero-order chi connectivity index (χ0) is 18.7. The molecule has 1 unspecified atom stereocenters. The van der Waals surface area contributed by atoms with E-state index in [9.17, 15) is 20.0 Å². The third-order valence-electron chi connectivity index (χ3n) is 4.12. The number of fused-ring (bicyclic) bond motifs is 1. The van der Waals surface area contributed by atoms with Gasteiger partial charge < -0.3 is 10.4 Å². The van der Waals surface area contributed by atoms with E-state index in [0.29, 0.717) is 11.1 Å². The Kier molecular flexibility index (Phi) is 4.66. The van der Waals surface area contributed by atoms with Crippen LogP contribution in [0.15, 0.2) is 73.3 Å². The first kappa shape index (κ1) is 17.2. The molecule has 1 amide bonds. The van der Waals surface area contributed by atoms with Crippen molar-refractivity contribution < 1.29 is 14.8 Å². The smallest absolute Gasteiger partial charge is 0.269 e. The molecule has 0 fully saturated rings. The van der Waals surface area contributed by atoms with Crippen molar-refractivity contribution in [1.82, 2.24) is 5.32 Å². The monoisotopic (exact) mass is 348 g/mol. The molecule has 0 radical (unpaired) electrons. The lowest BCUT2D eigenvalue weighted by atomic mass is 9.92. The highest BCUT2D eigenvalue weighted by Gasteiger charge is 2.23. The predicted molar refractivity (Wildman–Crippen MR) is 98.9 cm³/mol. The molecule has 0 aliphatic heterocycles. The first-order chi connectivity index (χ1) is 12.5. The van der Waals surface area contributed by atoms with E-state index in [0.717, 1.165) is 16.8 Å². The van der Waals surface area contributed by atoms with Crippen molar-refractivity contribution in [3.05, 3.63) is 94.6 Å². The summed E-state index contributed by atoms with van der Waals surface area (Å²) in [6, 6.07) is 15.9. The van der Waals surface area contributed by atoms with Crippen LogP contribution in [-0.4, -0.2) is 15.9 Å². The fourth-order valence-corrected chi connectivity index (χ4v) is 2.93. The number of benzene rings is 3. The minimum absolute atomic E-state index is 0.00966. The number of nitrogens with one attached hydrogen (secondary N) is 1. The zero-order valence-corrected chi connectivity index (χ0v) is 13.8. The van der Waals surface area contributed by atoms with Gasteiger partial charge in [0.25, 0.3) is 5.69 Å². The molecule has 130 valence electrons. The van der Waals surface area contributed by atoms with Crippen LogP contribution < -0.4 is 5.32 Å². The van der Waals surface area contributed by atoms with E-state index in [1.165, 1.54) is 12.1 Å². The maximum absolute atomic E-state index is 12.0. The van der Waals surface area contributed by atoms with Crippen molar-refractivity contribution in [3.63, 3.8) is 0 Å². The van der Waals surface area contributed by atoms with Crippen molar-refractivity contribution in [2.24, 2.45) is 0 Å². The largest absolute Gasteiger partial charge is 0.508 e. The van der Waals surface area contributed by atoms with Gasteiger partial charge >= 0.3 is 0 Å². The summed E-state index contributed by atoms with van der Waals surface area (Å²) < 4.78 is 0. The van der Waals surface area contributed by atoms with Gasteiger partial charge in [-0.05, 0) is 28.5 Å². The fourth-order valence-electron chi connectivity index (χ4n) is 2.93. The summed E-state index contributed by atoms with van der Waals surface area (Å²) in [5.41, 5.74) is 0.861. The second-order valence-electron chi connectivity index (χ2n) is 5.72. The quantitative estimate of drug-likeness (QED) is 0.416. The number of nitrogens with zero attached hydrogens (tertiary/aromatic N) is 1. The third kappa shape index (κ3) is 3.25. The number of amides is 1. The number of hydrogen-bond acceptors (Lipinski definition) is 4. The number of phenols is 1. The van der Waals surface area contributed by atoms with Crippen molar-refractivity contribution in [2.45, 2.75) is 6.04 Å². The van der Waals surface area contributed by atoms with E-state index in [1.54, 1.807) is 24.3 Å². The molecule has 3 aromatic rings. The van der Waals surface area contributed by atoms with Crippen LogP contribution in [0, 0.1) is 10.1 Å². The Bertz CT molecular complexity index is 1010. The van der Waals surface area contributed by atoms with Gasteiger partial charge in [0.15, 0.2) is 0 Å². The van der Waals surface area contributed by atoms with Crippen LogP contribution in [0.4, 0.5) is 5.69 Å². The number of aromatic hydroxyl groups is 1. The Labute approximate surface area is 149 Å². The number of carbonyl (C=O) groups is 1. The molecular weight excluding hydrogens is 332 g/mol. The van der Waals surface area contributed by atoms with E-state index in [-0.39, 0.29) is 11.4 Å². The molecular formula is C20H16N2O4. The summed E-state index contributed by atoms with van der Waals surface area (Å²) in [7, 11) is 0. The van der Waals surface area contributed by atoms with Crippen molar-refractivity contribution in [3.8, 4) is 5.75 Å². The Morgan fingerprint density at radius 3 is 2.65 bits per heavy atom. The molecule has 6 nitrogen and oxygen atoms in total. The van der Waals surface area contributed by atoms with E-state index >= 15 is 0 Å². The van der Waals surface area contributed by atoms with Gasteiger partial charge in [-0.25, -0.2) is 0 Å². The van der Waals surface area contributed by atoms with Crippen LogP contribution in [0.1, 0.15) is 17.2 Å². The molecule has 6 heteroatoms. The van der Waals surface area contributed by atoms with Gasteiger partial charge in [0.05, 0.1) is 11.0 Å². The second kappa shape index (κ2) is 7.06. The van der Waals surface area contributed by atoms with Crippen LogP contribution in [0.25, 0.3) is 10.8 Å². The minimum Gasteiger partial charge on any atom is -0.508 e. The molecule has 0 bridgehead atoms. The molecule has 0 saturated carbocycles. The predicted octanol–water partition coefficient (Wildman–Crippen LogP) is 3.85. The summed E-state index contributed by atoms with van der Waals surface area (Å²) in [4.78, 5) is 22.6. The Morgan fingerprint density at radius 1 is 1.15 bits per heavy atom. The highest BCUT2D eigenvalue weighted by Crippen LogP contribution is 2.36. The topological polar surface area (TPSA) is 92.5 Å². The van der Waals surface area contributed by atoms with Gasteiger partial charge in [0.1, 0.15) is 5.75 Å². The van der Waals surface area contributed by atoms with Crippen molar-refractivity contribution in [1.29, 1.82) is 0 Å². The highest BCUT2D eigenvalue weighted by atomic mass is 16.6. The number of nitro groups is 1. The lowest BCUT2D eigenvalue weighted by Gasteiger charge is -2.22. The molecule has 0 saturated heterocycles. The molecule has 0 heterocycles. The van der Waals surface area contributed by atoms with Gasteiger partial charge in [-0.3, -0.25) is 14.9 Å². The van der Waals surface area contributed by atoms with Crippen LogP contribution in [-0.2, 0) is 4.79 Å². The molecule has 3 aromatic carbocycles. The number of carbonyl (C=O) groups excluding carboxylic acids is 1. The zero-order valence-electron chi connectivity index (χ0n) is 13.8. The van der Waals surface area contributed by atoms with Crippen molar-refractivity contribution >= 4 is 22.4 Å². The summed E-state index contributed by atoms with van der Waals surface area (Å²) >= 11 is 0. The molecule has 0 spiro atoms. The maximum Gasteiger partial charge on any atom is 0.269 e. The first-order valence-electron chi connectivity index (χ1n) is 7.89. The number of nitro benzene ring substituents is 1. The van der Waals surface area contributed by atoms with Crippen LogP contribution in [0.3, 0.4) is 0 Å². The van der Waals surface area contributed by atoms with E-state index < -0.39 is 16.9 Å². The standard InChI is InChI=1S/C20H16N2O4/c1-2-18(24)21-20(14-7-5-8-15(12-14)22(25)26)19-16-9-4-3-6-13(16)10-11-17(19)23/h2-12,20,23H,1H2,(H,21,24). The van der Waals surface area contributed by atoms with Crippen LogP contribution in [0.2, 0.25) is 0 Å². The van der Waals surface area contributed by atoms with E-state index in [1.807, 2.05) is 24.3 Å². The SMILES string of the molecule is C=CC(=O)NC(c1cccc([N+](=O)[O-])c1)c1c(O)ccc2ccccc12. The summed E-state index contributed by atoms with van der Waals surface area (Å²) in [5.74, 6) is -0.460. The third-order valence-corrected chi connectivity index (χ3v) is 4.12. The molecule has 2 N–H and O–H groups in total. The summed E-state index contributed by atoms with van der Waals surface area (Å²) in [6.07, 6.45) is 1.12. The average Bonchev–Trinajstić information content (AvgIpc) is 2.66. The Balaban J connectivity index is 2.24. The van der Waals surface area contributed by atoms with Gasteiger partial charge in [-0.1, -0.05) is 49.0 Å².